The Balaban J connectivity index is 0.981. The van der Waals surface area contributed by atoms with E-state index in [0.29, 0.717) is 5.82 Å². The van der Waals surface area contributed by atoms with Crippen LogP contribution in [0.5, 0.6) is 0 Å². The number of hydrogen-bond donors (Lipinski definition) is 0. The van der Waals surface area contributed by atoms with E-state index in [9.17, 15) is 0 Å². The lowest BCUT2D eigenvalue weighted by molar-refractivity contribution is 0.674. The molecular weight excluding hydrogens is 693 g/mol. The first-order valence-corrected chi connectivity index (χ1v) is 19.3. The van der Waals surface area contributed by atoms with Crippen molar-refractivity contribution in [1.29, 1.82) is 0 Å². The van der Waals surface area contributed by atoms with Crippen LogP contribution >= 0.6 is 0 Å². The summed E-state index contributed by atoms with van der Waals surface area (Å²) in [5.74, 6) is 0.710. The minimum absolute atomic E-state index is 0.710. The normalized spacial score (nSPS) is 11.5. The summed E-state index contributed by atoms with van der Waals surface area (Å²) >= 11 is 0. The Morgan fingerprint density at radius 1 is 0.281 bits per heavy atom. The summed E-state index contributed by atoms with van der Waals surface area (Å²) < 4.78 is 6.89. The molecule has 0 bridgehead atoms. The van der Waals surface area contributed by atoms with Crippen molar-refractivity contribution in [2.75, 3.05) is 0 Å². The summed E-state index contributed by atoms with van der Waals surface area (Å²) in [4.78, 5) is 10.00. The molecule has 0 fully saturated rings. The molecule has 0 radical (unpaired) electrons. The van der Waals surface area contributed by atoms with Crippen molar-refractivity contribution < 1.29 is 4.42 Å². The summed E-state index contributed by atoms with van der Waals surface area (Å²) in [6, 6.07) is 72.7. The molecule has 57 heavy (non-hydrogen) atoms. The van der Waals surface area contributed by atoms with E-state index in [1.165, 1.54) is 27.3 Å². The fourth-order valence-corrected chi connectivity index (χ4v) is 8.21. The van der Waals surface area contributed by atoms with Crippen molar-refractivity contribution in [3.63, 3.8) is 0 Å². The molecule has 0 amide bonds. The highest BCUT2D eigenvalue weighted by Gasteiger charge is 2.18. The van der Waals surface area contributed by atoms with E-state index >= 15 is 0 Å². The Labute approximate surface area is 330 Å². The maximum atomic E-state index is 6.89. The SMILES string of the molecule is c1ccc(-c2cc(-c3ccc(-c4cccc(-c5cccc6c5oc5c7ccccc7c(-c7ccc8ccccc8c7)cc65)c4)cc3)nc(-c3ccccc3)n2)cc1. The molecule has 0 aliphatic rings. The van der Waals surface area contributed by atoms with Gasteiger partial charge in [0, 0.05) is 38.4 Å². The van der Waals surface area contributed by atoms with E-state index in [0.717, 1.165) is 77.7 Å². The van der Waals surface area contributed by atoms with Gasteiger partial charge >= 0.3 is 0 Å². The van der Waals surface area contributed by atoms with E-state index < -0.39 is 0 Å². The van der Waals surface area contributed by atoms with Crippen molar-refractivity contribution in [3.8, 4) is 67.3 Å². The Bertz CT molecular complexity index is 3220. The van der Waals surface area contributed by atoms with E-state index in [1.807, 2.05) is 36.4 Å². The van der Waals surface area contributed by atoms with Crippen LogP contribution in [0.4, 0.5) is 0 Å². The van der Waals surface area contributed by atoms with Crippen molar-refractivity contribution in [2.45, 2.75) is 0 Å². The zero-order chi connectivity index (χ0) is 37.7. The maximum Gasteiger partial charge on any atom is 0.160 e. The molecule has 3 heteroatoms. The third-order valence-corrected chi connectivity index (χ3v) is 11.1. The standard InChI is InChI=1S/C54H34N2O/c1-3-14-37(15-4-1)50-34-51(56-54(55-50)39-16-5-2-6-17-39)38-28-25-36(26-29-38)41-19-11-20-42(31-41)44-23-12-24-47-49-33-48(43-30-27-35-13-7-8-18-40(35)32-43)45-21-9-10-22-46(45)53(49)57-52(44)47/h1-34H. The third kappa shape index (κ3) is 5.85. The summed E-state index contributed by atoms with van der Waals surface area (Å²) in [6.45, 7) is 0. The first-order valence-electron chi connectivity index (χ1n) is 19.3. The summed E-state index contributed by atoms with van der Waals surface area (Å²) in [6.07, 6.45) is 0. The molecule has 2 heterocycles. The van der Waals surface area contributed by atoms with Crippen LogP contribution in [0.1, 0.15) is 0 Å². The second kappa shape index (κ2) is 13.6. The molecule has 0 spiro atoms. The molecule has 266 valence electrons. The van der Waals surface area contributed by atoms with Crippen LogP contribution in [0.25, 0.3) is 111 Å². The van der Waals surface area contributed by atoms with Crippen molar-refractivity contribution >= 4 is 43.5 Å². The van der Waals surface area contributed by atoms with Gasteiger partial charge in [0.2, 0.25) is 0 Å². The lowest BCUT2D eigenvalue weighted by Gasteiger charge is -2.10. The second-order valence-electron chi connectivity index (χ2n) is 14.5. The quantitative estimate of drug-likeness (QED) is 0.171. The first-order chi connectivity index (χ1) is 28.2. The van der Waals surface area contributed by atoms with Gasteiger partial charge in [-0.25, -0.2) is 9.97 Å². The van der Waals surface area contributed by atoms with E-state index in [1.54, 1.807) is 0 Å². The van der Waals surface area contributed by atoms with Crippen LogP contribution in [0.15, 0.2) is 211 Å². The Kier molecular flexibility index (Phi) is 7.82. The molecule has 9 aromatic carbocycles. The molecule has 3 nitrogen and oxygen atoms in total. The van der Waals surface area contributed by atoms with Crippen LogP contribution in [0.2, 0.25) is 0 Å². The predicted octanol–water partition coefficient (Wildman–Crippen LogP) is 14.7. The monoisotopic (exact) mass is 726 g/mol. The van der Waals surface area contributed by atoms with Gasteiger partial charge in [-0.3, -0.25) is 0 Å². The van der Waals surface area contributed by atoms with Crippen LogP contribution in [-0.4, -0.2) is 9.97 Å². The molecule has 2 aromatic heterocycles. The maximum absolute atomic E-state index is 6.89. The van der Waals surface area contributed by atoms with Gasteiger partial charge in [-0.1, -0.05) is 182 Å². The lowest BCUT2D eigenvalue weighted by atomic mass is 9.93. The molecule has 0 aliphatic carbocycles. The summed E-state index contributed by atoms with van der Waals surface area (Å²) in [5.41, 5.74) is 13.5. The van der Waals surface area contributed by atoms with Crippen molar-refractivity contribution in [2.24, 2.45) is 0 Å². The smallest absolute Gasteiger partial charge is 0.160 e. The molecule has 0 N–H and O–H groups in total. The minimum atomic E-state index is 0.710. The van der Waals surface area contributed by atoms with Crippen LogP contribution in [0.3, 0.4) is 0 Å². The van der Waals surface area contributed by atoms with Crippen LogP contribution in [-0.2, 0) is 0 Å². The van der Waals surface area contributed by atoms with Crippen LogP contribution < -0.4 is 0 Å². The Hall–Kier alpha value is -7.62. The van der Waals surface area contributed by atoms with Gasteiger partial charge in [0.05, 0.1) is 11.4 Å². The van der Waals surface area contributed by atoms with Gasteiger partial charge < -0.3 is 4.42 Å². The number of para-hydroxylation sites is 1. The van der Waals surface area contributed by atoms with Crippen molar-refractivity contribution in [1.82, 2.24) is 9.97 Å². The summed E-state index contributed by atoms with van der Waals surface area (Å²) in [5, 5.41) is 7.00. The van der Waals surface area contributed by atoms with E-state index in [4.69, 9.17) is 14.4 Å². The van der Waals surface area contributed by atoms with E-state index in [2.05, 4.69) is 170 Å². The molecule has 11 rings (SSSR count). The molecule has 0 aliphatic heterocycles. The zero-order valence-corrected chi connectivity index (χ0v) is 30.9. The minimum Gasteiger partial charge on any atom is -0.455 e. The molecule has 0 saturated carbocycles. The average molecular weight is 727 g/mol. The molecule has 0 atom stereocenters. The zero-order valence-electron chi connectivity index (χ0n) is 30.9. The first kappa shape index (κ1) is 32.8. The highest BCUT2D eigenvalue weighted by Crippen LogP contribution is 2.43. The third-order valence-electron chi connectivity index (χ3n) is 11.1. The fraction of sp³-hybridized carbons (Fsp3) is 0. The molecule has 11 aromatic rings. The van der Waals surface area contributed by atoms with E-state index in [-0.39, 0.29) is 0 Å². The average Bonchev–Trinajstić information content (AvgIpc) is 3.68. The lowest BCUT2D eigenvalue weighted by Crippen LogP contribution is -1.95. The number of hydrogen-bond acceptors (Lipinski definition) is 3. The predicted molar refractivity (Wildman–Crippen MR) is 237 cm³/mol. The number of furan rings is 1. The van der Waals surface area contributed by atoms with Gasteiger partial charge in [-0.05, 0) is 68.2 Å². The number of benzene rings is 9. The number of rotatable bonds is 6. The fourth-order valence-electron chi connectivity index (χ4n) is 8.21. The number of nitrogens with zero attached hydrogens (tertiary/aromatic N) is 2. The molecule has 0 unspecified atom stereocenters. The van der Waals surface area contributed by atoms with Gasteiger partial charge in [0.1, 0.15) is 11.2 Å². The van der Waals surface area contributed by atoms with Gasteiger partial charge in [-0.2, -0.15) is 0 Å². The number of fused-ring (bicyclic) bond motifs is 6. The van der Waals surface area contributed by atoms with Crippen molar-refractivity contribution in [3.05, 3.63) is 206 Å². The highest BCUT2D eigenvalue weighted by molar-refractivity contribution is 6.21. The largest absolute Gasteiger partial charge is 0.455 e. The van der Waals surface area contributed by atoms with Gasteiger partial charge in [0.15, 0.2) is 5.82 Å². The Morgan fingerprint density at radius 3 is 1.61 bits per heavy atom. The summed E-state index contributed by atoms with van der Waals surface area (Å²) in [7, 11) is 0. The van der Waals surface area contributed by atoms with Gasteiger partial charge in [-0.15, -0.1) is 0 Å². The Morgan fingerprint density at radius 2 is 0.825 bits per heavy atom. The highest BCUT2D eigenvalue weighted by atomic mass is 16.3. The molecular formula is C54H34N2O. The van der Waals surface area contributed by atoms with Crippen LogP contribution in [0, 0.1) is 0 Å². The second-order valence-corrected chi connectivity index (χ2v) is 14.5. The van der Waals surface area contributed by atoms with Gasteiger partial charge in [0.25, 0.3) is 0 Å². The molecule has 0 saturated heterocycles. The topological polar surface area (TPSA) is 38.9 Å². The number of aromatic nitrogens is 2.